The number of methoxy groups -OCH3 is 1. The fourth-order valence-electron chi connectivity index (χ4n) is 2.30. The molecule has 0 saturated carbocycles. The fraction of sp³-hybridized carbons (Fsp3) is 0.111. The maximum atomic E-state index is 11.1. The molecule has 0 saturated heterocycles. The number of carboxylic acid groups (broad SMARTS) is 1. The summed E-state index contributed by atoms with van der Waals surface area (Å²) in [4.78, 5) is 15.5. The van der Waals surface area contributed by atoms with E-state index in [2.05, 4.69) is 4.98 Å². The standard InChI is InChI=1S/C18H14ClNO4/c1-23-14-8-4-12(5-9-14)18-20-15(10-16(21)22)17(24-18)11-2-6-13(19)7-3-11/h2-9H,10H2,1H3,(H,21,22). The van der Waals surface area contributed by atoms with Gasteiger partial charge in [0.15, 0.2) is 5.76 Å². The van der Waals surface area contributed by atoms with Gasteiger partial charge in [0.25, 0.3) is 0 Å². The van der Waals surface area contributed by atoms with E-state index < -0.39 is 5.97 Å². The van der Waals surface area contributed by atoms with Crippen molar-refractivity contribution in [2.45, 2.75) is 6.42 Å². The fourth-order valence-corrected chi connectivity index (χ4v) is 2.42. The van der Waals surface area contributed by atoms with Crippen molar-refractivity contribution in [3.8, 4) is 28.5 Å². The van der Waals surface area contributed by atoms with Crippen LogP contribution < -0.4 is 4.74 Å². The first kappa shape index (κ1) is 16.1. The van der Waals surface area contributed by atoms with Gasteiger partial charge in [0.05, 0.1) is 19.2 Å². The normalized spacial score (nSPS) is 10.6. The van der Waals surface area contributed by atoms with Crippen molar-refractivity contribution in [1.29, 1.82) is 0 Å². The van der Waals surface area contributed by atoms with Gasteiger partial charge in [0.1, 0.15) is 5.75 Å². The summed E-state index contributed by atoms with van der Waals surface area (Å²) in [7, 11) is 1.59. The molecule has 24 heavy (non-hydrogen) atoms. The largest absolute Gasteiger partial charge is 0.497 e. The summed E-state index contributed by atoms with van der Waals surface area (Å²) in [6.45, 7) is 0. The molecule has 0 aliphatic heterocycles. The van der Waals surface area contributed by atoms with Crippen molar-refractivity contribution in [1.82, 2.24) is 4.98 Å². The molecule has 0 spiro atoms. The number of carbonyl (C=O) groups is 1. The van der Waals surface area contributed by atoms with Crippen LogP contribution in [0.1, 0.15) is 5.69 Å². The SMILES string of the molecule is COc1ccc(-c2nc(CC(=O)O)c(-c3ccc(Cl)cc3)o2)cc1. The van der Waals surface area contributed by atoms with Gasteiger partial charge in [-0.15, -0.1) is 0 Å². The topological polar surface area (TPSA) is 72.6 Å². The highest BCUT2D eigenvalue weighted by Crippen LogP contribution is 2.31. The molecule has 3 aromatic rings. The van der Waals surface area contributed by atoms with Gasteiger partial charge in [0.2, 0.25) is 5.89 Å². The summed E-state index contributed by atoms with van der Waals surface area (Å²) in [5, 5.41) is 9.70. The Morgan fingerprint density at radius 2 is 1.75 bits per heavy atom. The Morgan fingerprint density at radius 1 is 1.12 bits per heavy atom. The third-order valence-electron chi connectivity index (χ3n) is 3.46. The van der Waals surface area contributed by atoms with Crippen LogP contribution in [0.3, 0.4) is 0 Å². The van der Waals surface area contributed by atoms with Crippen molar-refractivity contribution in [3.05, 3.63) is 59.2 Å². The van der Waals surface area contributed by atoms with E-state index in [4.69, 9.17) is 25.9 Å². The number of nitrogens with zero attached hydrogens (tertiary/aromatic N) is 1. The van der Waals surface area contributed by atoms with Crippen LogP contribution in [0, 0.1) is 0 Å². The zero-order valence-corrected chi connectivity index (χ0v) is 13.6. The zero-order valence-electron chi connectivity index (χ0n) is 12.8. The van der Waals surface area contributed by atoms with Gasteiger partial charge in [-0.25, -0.2) is 4.98 Å². The maximum Gasteiger partial charge on any atom is 0.309 e. The number of benzene rings is 2. The lowest BCUT2D eigenvalue weighted by molar-refractivity contribution is -0.136. The molecule has 1 aromatic heterocycles. The first-order valence-corrected chi connectivity index (χ1v) is 7.56. The van der Waals surface area contributed by atoms with Gasteiger partial charge in [-0.2, -0.15) is 0 Å². The lowest BCUT2D eigenvalue weighted by Crippen LogP contribution is -2.01. The molecule has 1 heterocycles. The Balaban J connectivity index is 2.04. The van der Waals surface area contributed by atoms with E-state index >= 15 is 0 Å². The van der Waals surface area contributed by atoms with Crippen LogP contribution in [0.15, 0.2) is 52.9 Å². The van der Waals surface area contributed by atoms with Crippen molar-refractivity contribution < 1.29 is 19.1 Å². The number of hydrogen-bond acceptors (Lipinski definition) is 4. The zero-order chi connectivity index (χ0) is 17.1. The van der Waals surface area contributed by atoms with Crippen LogP contribution in [0.5, 0.6) is 5.75 Å². The van der Waals surface area contributed by atoms with Crippen molar-refractivity contribution in [2.24, 2.45) is 0 Å². The van der Waals surface area contributed by atoms with Gasteiger partial charge in [0, 0.05) is 16.1 Å². The average Bonchev–Trinajstić information content (AvgIpc) is 2.98. The Labute approximate surface area is 143 Å². The number of aliphatic carboxylic acids is 1. The van der Waals surface area contributed by atoms with E-state index in [0.717, 1.165) is 11.1 Å². The third kappa shape index (κ3) is 3.41. The van der Waals surface area contributed by atoms with Crippen molar-refractivity contribution in [2.75, 3.05) is 7.11 Å². The van der Waals surface area contributed by atoms with Gasteiger partial charge in [-0.1, -0.05) is 11.6 Å². The quantitative estimate of drug-likeness (QED) is 0.747. The molecule has 6 heteroatoms. The molecule has 0 fully saturated rings. The summed E-state index contributed by atoms with van der Waals surface area (Å²) in [6.07, 6.45) is -0.225. The molecule has 0 aliphatic carbocycles. The van der Waals surface area contributed by atoms with Gasteiger partial charge >= 0.3 is 5.97 Å². The maximum absolute atomic E-state index is 11.1. The Morgan fingerprint density at radius 3 is 2.33 bits per heavy atom. The molecule has 0 atom stereocenters. The van der Waals surface area contributed by atoms with Gasteiger partial charge in [-0.3, -0.25) is 4.79 Å². The second-order valence-electron chi connectivity index (χ2n) is 5.10. The van der Waals surface area contributed by atoms with Gasteiger partial charge in [-0.05, 0) is 48.5 Å². The van der Waals surface area contributed by atoms with Crippen molar-refractivity contribution >= 4 is 17.6 Å². The monoisotopic (exact) mass is 343 g/mol. The summed E-state index contributed by atoms with van der Waals surface area (Å²) >= 11 is 5.90. The summed E-state index contributed by atoms with van der Waals surface area (Å²) in [5.74, 6) is 0.535. The molecule has 0 unspecified atom stereocenters. The van der Waals surface area contributed by atoms with Crippen LogP contribution in [-0.4, -0.2) is 23.2 Å². The van der Waals surface area contributed by atoms with Crippen LogP contribution in [0.2, 0.25) is 5.02 Å². The minimum absolute atomic E-state index is 0.225. The molecule has 122 valence electrons. The predicted molar refractivity (Wildman–Crippen MR) is 90.3 cm³/mol. The molecule has 0 radical (unpaired) electrons. The minimum Gasteiger partial charge on any atom is -0.497 e. The number of oxazole rings is 1. The predicted octanol–water partition coefficient (Wildman–Crippen LogP) is 4.30. The highest BCUT2D eigenvalue weighted by molar-refractivity contribution is 6.30. The molecular formula is C18H14ClNO4. The molecular weight excluding hydrogens is 330 g/mol. The second-order valence-corrected chi connectivity index (χ2v) is 5.54. The highest BCUT2D eigenvalue weighted by Gasteiger charge is 2.18. The van der Waals surface area contributed by atoms with Crippen molar-refractivity contribution in [3.63, 3.8) is 0 Å². The van der Waals surface area contributed by atoms with E-state index in [1.807, 2.05) is 0 Å². The molecule has 2 aromatic carbocycles. The Kier molecular flexibility index (Phi) is 4.53. The van der Waals surface area contributed by atoms with Crippen LogP contribution >= 0.6 is 11.6 Å². The number of rotatable bonds is 5. The molecule has 0 aliphatic rings. The number of ether oxygens (including phenoxy) is 1. The average molecular weight is 344 g/mol. The van der Waals surface area contributed by atoms with E-state index in [9.17, 15) is 4.79 Å². The molecule has 5 nitrogen and oxygen atoms in total. The van der Waals surface area contributed by atoms with Crippen LogP contribution in [-0.2, 0) is 11.2 Å². The summed E-state index contributed by atoms with van der Waals surface area (Å²) < 4.78 is 11.0. The van der Waals surface area contributed by atoms with Gasteiger partial charge < -0.3 is 14.3 Å². The molecule has 1 N–H and O–H groups in total. The van der Waals surface area contributed by atoms with Crippen LogP contribution in [0.25, 0.3) is 22.8 Å². The first-order chi connectivity index (χ1) is 11.6. The minimum atomic E-state index is -0.972. The lowest BCUT2D eigenvalue weighted by atomic mass is 10.1. The second kappa shape index (κ2) is 6.76. The highest BCUT2D eigenvalue weighted by atomic mass is 35.5. The number of hydrogen-bond donors (Lipinski definition) is 1. The molecule has 0 bridgehead atoms. The Bertz CT molecular complexity index is 854. The summed E-state index contributed by atoms with van der Waals surface area (Å²) in [5.41, 5.74) is 1.83. The van der Waals surface area contributed by atoms with E-state index in [-0.39, 0.29) is 6.42 Å². The first-order valence-electron chi connectivity index (χ1n) is 7.18. The smallest absolute Gasteiger partial charge is 0.309 e. The summed E-state index contributed by atoms with van der Waals surface area (Å²) in [6, 6.07) is 14.2. The number of aromatic nitrogens is 1. The number of carboxylic acids is 1. The third-order valence-corrected chi connectivity index (χ3v) is 3.71. The van der Waals surface area contributed by atoms with E-state index in [0.29, 0.717) is 28.1 Å². The molecule has 0 amide bonds. The van der Waals surface area contributed by atoms with Crippen LogP contribution in [0.4, 0.5) is 0 Å². The number of halogens is 1. The lowest BCUT2D eigenvalue weighted by Gasteiger charge is -2.00. The Hall–Kier alpha value is -2.79. The van der Waals surface area contributed by atoms with E-state index in [1.54, 1.807) is 55.6 Å². The van der Waals surface area contributed by atoms with E-state index in [1.165, 1.54) is 0 Å². The molecule has 3 rings (SSSR count).